The van der Waals surface area contributed by atoms with Crippen molar-refractivity contribution in [1.82, 2.24) is 9.78 Å². The fourth-order valence-corrected chi connectivity index (χ4v) is 3.27. The lowest BCUT2D eigenvalue weighted by molar-refractivity contribution is 0.0986. The van der Waals surface area contributed by atoms with Crippen molar-refractivity contribution in [1.29, 1.82) is 0 Å². The van der Waals surface area contributed by atoms with Crippen LogP contribution in [-0.2, 0) is 5.54 Å². The summed E-state index contributed by atoms with van der Waals surface area (Å²) in [5.74, 6) is 0.853. The predicted octanol–water partition coefficient (Wildman–Crippen LogP) is 2.50. The molecule has 1 aromatic carbocycles. The first-order valence-corrected chi connectivity index (χ1v) is 8.33. The van der Waals surface area contributed by atoms with Crippen molar-refractivity contribution >= 4 is 17.3 Å². The van der Waals surface area contributed by atoms with Gasteiger partial charge in [-0.15, -0.1) is 0 Å². The monoisotopic (exact) mass is 326 g/mol. The fourth-order valence-electron chi connectivity index (χ4n) is 3.27. The molecule has 4 rings (SSSR count). The normalized spacial score (nSPS) is 16.6. The summed E-state index contributed by atoms with van der Waals surface area (Å²) in [6.07, 6.45) is 3.49. The lowest BCUT2D eigenvalue weighted by Crippen LogP contribution is -2.47. The fraction of sp³-hybridized carbons (Fsp3) is 0.444. The van der Waals surface area contributed by atoms with Gasteiger partial charge >= 0.3 is 0 Å². The van der Waals surface area contributed by atoms with Crippen LogP contribution in [0.1, 0.15) is 31.1 Å². The number of carbonyl (C=O) groups excluding carboxylic acids is 1. The molecule has 0 bridgehead atoms. The zero-order chi connectivity index (χ0) is 16.9. The highest BCUT2D eigenvalue weighted by Gasteiger charge is 2.32. The van der Waals surface area contributed by atoms with E-state index in [1.165, 1.54) is 0 Å². The Labute approximate surface area is 141 Å². The van der Waals surface area contributed by atoms with Crippen LogP contribution in [0, 0.1) is 0 Å². The van der Waals surface area contributed by atoms with Crippen molar-refractivity contribution in [2.45, 2.75) is 26.3 Å². The van der Waals surface area contributed by atoms with Crippen molar-refractivity contribution in [2.75, 3.05) is 36.0 Å². The first-order chi connectivity index (χ1) is 11.4. The molecular formula is C18H22N4O2. The van der Waals surface area contributed by atoms with Crippen molar-refractivity contribution in [3.63, 3.8) is 0 Å². The Morgan fingerprint density at radius 2 is 2.04 bits per heavy atom. The molecule has 0 unspecified atom stereocenters. The summed E-state index contributed by atoms with van der Waals surface area (Å²) in [6.45, 7) is 9.27. The number of para-hydroxylation sites is 1. The SMILES string of the molecule is CC(C)(C)n1cc(C(=O)N2CCN3CCOc4cccc2c43)cn1. The third kappa shape index (κ3) is 2.33. The first-order valence-electron chi connectivity index (χ1n) is 8.33. The van der Waals surface area contributed by atoms with Crippen molar-refractivity contribution < 1.29 is 9.53 Å². The lowest BCUT2D eigenvalue weighted by Gasteiger charge is -2.40. The van der Waals surface area contributed by atoms with E-state index < -0.39 is 0 Å². The second-order valence-corrected chi connectivity index (χ2v) is 7.26. The Hall–Kier alpha value is -2.50. The zero-order valence-corrected chi connectivity index (χ0v) is 14.3. The van der Waals surface area contributed by atoms with Gasteiger partial charge in [0.15, 0.2) is 0 Å². The van der Waals surface area contributed by atoms with E-state index >= 15 is 0 Å². The van der Waals surface area contributed by atoms with Crippen LogP contribution in [0.5, 0.6) is 5.75 Å². The van der Waals surface area contributed by atoms with Gasteiger partial charge in [0.05, 0.1) is 29.5 Å². The molecule has 6 heteroatoms. The van der Waals surface area contributed by atoms with E-state index in [0.29, 0.717) is 18.7 Å². The molecule has 3 heterocycles. The number of nitrogens with zero attached hydrogens (tertiary/aromatic N) is 4. The number of rotatable bonds is 1. The second-order valence-electron chi connectivity index (χ2n) is 7.26. The third-order valence-corrected chi connectivity index (χ3v) is 4.56. The summed E-state index contributed by atoms with van der Waals surface area (Å²) < 4.78 is 7.59. The van der Waals surface area contributed by atoms with Crippen LogP contribution >= 0.6 is 0 Å². The van der Waals surface area contributed by atoms with Gasteiger partial charge in [0, 0.05) is 19.3 Å². The molecule has 0 fully saturated rings. The van der Waals surface area contributed by atoms with E-state index in [9.17, 15) is 4.79 Å². The van der Waals surface area contributed by atoms with Gasteiger partial charge in [-0.1, -0.05) is 6.07 Å². The molecule has 126 valence electrons. The molecule has 2 aliphatic heterocycles. The number of anilines is 2. The average molecular weight is 326 g/mol. The second kappa shape index (κ2) is 5.26. The van der Waals surface area contributed by atoms with E-state index in [0.717, 1.165) is 30.2 Å². The molecular weight excluding hydrogens is 304 g/mol. The van der Waals surface area contributed by atoms with E-state index in [1.807, 2.05) is 34.0 Å². The van der Waals surface area contributed by atoms with Crippen molar-refractivity contribution in [2.24, 2.45) is 0 Å². The summed E-state index contributed by atoms with van der Waals surface area (Å²) in [4.78, 5) is 17.2. The quantitative estimate of drug-likeness (QED) is 0.808. The molecule has 6 nitrogen and oxygen atoms in total. The topological polar surface area (TPSA) is 50.6 Å². The molecule has 2 aliphatic rings. The van der Waals surface area contributed by atoms with Gasteiger partial charge in [-0.3, -0.25) is 9.48 Å². The summed E-state index contributed by atoms with van der Waals surface area (Å²) in [5.41, 5.74) is 2.43. The van der Waals surface area contributed by atoms with Crippen molar-refractivity contribution in [3.05, 3.63) is 36.2 Å². The first kappa shape index (κ1) is 15.1. The standard InChI is InChI=1S/C18H22N4O2/c1-18(2,3)22-12-13(11-19-22)17(23)21-8-7-20-9-10-24-15-6-4-5-14(21)16(15)20/h4-6,11-12H,7-10H2,1-3H3. The summed E-state index contributed by atoms with van der Waals surface area (Å²) >= 11 is 0. The lowest BCUT2D eigenvalue weighted by atomic mass is 10.1. The number of hydrogen-bond donors (Lipinski definition) is 0. The van der Waals surface area contributed by atoms with E-state index in [4.69, 9.17) is 4.74 Å². The number of ether oxygens (including phenoxy) is 1. The molecule has 0 aliphatic carbocycles. The number of benzene rings is 1. The van der Waals surface area contributed by atoms with Crippen LogP contribution in [0.15, 0.2) is 30.6 Å². The van der Waals surface area contributed by atoms with Crippen LogP contribution in [0.2, 0.25) is 0 Å². The highest BCUT2D eigenvalue weighted by molar-refractivity contribution is 6.08. The predicted molar refractivity (Wildman–Crippen MR) is 93.0 cm³/mol. The van der Waals surface area contributed by atoms with Gasteiger partial charge in [-0.25, -0.2) is 0 Å². The number of hydrogen-bond acceptors (Lipinski definition) is 4. The van der Waals surface area contributed by atoms with Crippen LogP contribution in [0.4, 0.5) is 11.4 Å². The summed E-state index contributed by atoms with van der Waals surface area (Å²) in [5, 5.41) is 4.35. The molecule has 0 spiro atoms. The molecule has 1 amide bonds. The summed E-state index contributed by atoms with van der Waals surface area (Å²) in [7, 11) is 0. The Kier molecular flexibility index (Phi) is 3.30. The average Bonchev–Trinajstić information content (AvgIpc) is 3.05. The summed E-state index contributed by atoms with van der Waals surface area (Å²) in [6, 6.07) is 5.91. The smallest absolute Gasteiger partial charge is 0.261 e. The number of aromatic nitrogens is 2. The van der Waals surface area contributed by atoms with E-state index in [2.05, 4.69) is 30.8 Å². The van der Waals surface area contributed by atoms with Gasteiger partial charge in [0.2, 0.25) is 0 Å². The minimum Gasteiger partial charge on any atom is -0.489 e. The molecule has 0 radical (unpaired) electrons. The van der Waals surface area contributed by atoms with E-state index in [1.54, 1.807) is 6.20 Å². The van der Waals surface area contributed by atoms with Gasteiger partial charge in [-0.05, 0) is 32.9 Å². The molecule has 24 heavy (non-hydrogen) atoms. The molecule has 0 saturated carbocycles. The highest BCUT2D eigenvalue weighted by Crippen LogP contribution is 2.42. The van der Waals surface area contributed by atoms with E-state index in [-0.39, 0.29) is 11.4 Å². The molecule has 0 saturated heterocycles. The maximum absolute atomic E-state index is 13.0. The molecule has 0 N–H and O–H groups in total. The Balaban J connectivity index is 1.70. The largest absolute Gasteiger partial charge is 0.489 e. The molecule has 0 atom stereocenters. The molecule has 2 aromatic rings. The van der Waals surface area contributed by atoms with Crippen molar-refractivity contribution in [3.8, 4) is 5.75 Å². The minimum atomic E-state index is -0.142. The van der Waals surface area contributed by atoms with Crippen LogP contribution in [0.3, 0.4) is 0 Å². The minimum absolute atomic E-state index is 0.0101. The number of amides is 1. The maximum atomic E-state index is 13.0. The van der Waals surface area contributed by atoms with Crippen LogP contribution in [-0.4, -0.2) is 41.9 Å². The van der Waals surface area contributed by atoms with Gasteiger partial charge in [-0.2, -0.15) is 5.10 Å². The molecule has 1 aromatic heterocycles. The van der Waals surface area contributed by atoms with Gasteiger partial charge < -0.3 is 14.5 Å². The third-order valence-electron chi connectivity index (χ3n) is 4.56. The Morgan fingerprint density at radius 1 is 1.21 bits per heavy atom. The Bertz CT molecular complexity index is 791. The number of carbonyl (C=O) groups is 1. The Morgan fingerprint density at radius 3 is 2.79 bits per heavy atom. The maximum Gasteiger partial charge on any atom is 0.261 e. The van der Waals surface area contributed by atoms with Gasteiger partial charge in [0.25, 0.3) is 5.91 Å². The van der Waals surface area contributed by atoms with Gasteiger partial charge in [0.1, 0.15) is 18.0 Å². The van der Waals surface area contributed by atoms with Crippen LogP contribution in [0.25, 0.3) is 0 Å². The van der Waals surface area contributed by atoms with Crippen LogP contribution < -0.4 is 14.5 Å². The zero-order valence-electron chi connectivity index (χ0n) is 14.3. The highest BCUT2D eigenvalue weighted by atomic mass is 16.5.